The zero-order chi connectivity index (χ0) is 12.3. The van der Waals surface area contributed by atoms with Crippen molar-refractivity contribution in [1.29, 1.82) is 0 Å². The van der Waals surface area contributed by atoms with Crippen LogP contribution in [-0.2, 0) is 6.54 Å². The van der Waals surface area contributed by atoms with Crippen LogP contribution in [-0.4, -0.2) is 21.1 Å². The number of hydrogen-bond donors (Lipinski definition) is 1. The van der Waals surface area contributed by atoms with Gasteiger partial charge in [-0.25, -0.2) is 4.98 Å². The molecule has 2 aromatic rings. The highest BCUT2D eigenvalue weighted by atomic mass is 35.5. The lowest BCUT2D eigenvalue weighted by atomic mass is 10.3. The molecule has 0 radical (unpaired) electrons. The van der Waals surface area contributed by atoms with Crippen LogP contribution in [0.4, 0.5) is 0 Å². The van der Waals surface area contributed by atoms with Crippen LogP contribution in [0.1, 0.15) is 22.1 Å². The quantitative estimate of drug-likeness (QED) is 0.892. The Hall–Kier alpha value is -1.95. The van der Waals surface area contributed by atoms with Gasteiger partial charge in [0.2, 0.25) is 5.89 Å². The van der Waals surface area contributed by atoms with Crippen molar-refractivity contribution in [3.63, 3.8) is 0 Å². The van der Waals surface area contributed by atoms with Crippen molar-refractivity contribution in [2.45, 2.75) is 13.5 Å². The summed E-state index contributed by atoms with van der Waals surface area (Å²) < 4.78 is 5.21. The molecule has 0 saturated carbocycles. The molecule has 0 unspecified atom stereocenters. The number of hydrogen-bond acceptors (Lipinski definition) is 5. The third-order valence-electron chi connectivity index (χ3n) is 1.93. The van der Waals surface area contributed by atoms with Crippen molar-refractivity contribution in [1.82, 2.24) is 20.5 Å². The summed E-state index contributed by atoms with van der Waals surface area (Å²) >= 11 is 5.56. The summed E-state index contributed by atoms with van der Waals surface area (Å²) in [5, 5.41) is 10.1. The molecular weight excluding hydrogens is 244 g/mol. The second-order valence-corrected chi connectivity index (χ2v) is 3.68. The van der Waals surface area contributed by atoms with Gasteiger partial charge in [0.15, 0.2) is 10.8 Å². The van der Waals surface area contributed by atoms with Gasteiger partial charge in [-0.1, -0.05) is 11.6 Å². The standard InChI is InChI=1S/C10H9ClN4O2/c1-6-4-12-9(17-6)5-13-10(16)7-2-3-8(11)15-14-7/h2-4H,5H2,1H3,(H,13,16). The molecule has 2 heterocycles. The van der Waals surface area contributed by atoms with Gasteiger partial charge in [-0.05, 0) is 19.1 Å². The summed E-state index contributed by atoms with van der Waals surface area (Å²) in [6.07, 6.45) is 1.59. The number of oxazole rings is 1. The van der Waals surface area contributed by atoms with Crippen LogP contribution in [0.5, 0.6) is 0 Å². The lowest BCUT2D eigenvalue weighted by Gasteiger charge is -2.00. The van der Waals surface area contributed by atoms with Crippen molar-refractivity contribution in [3.05, 3.63) is 40.8 Å². The molecule has 0 fully saturated rings. The predicted molar refractivity (Wildman–Crippen MR) is 59.5 cm³/mol. The number of aromatic nitrogens is 3. The van der Waals surface area contributed by atoms with E-state index in [1.165, 1.54) is 12.1 Å². The second kappa shape index (κ2) is 4.92. The molecule has 0 aliphatic carbocycles. The van der Waals surface area contributed by atoms with Crippen LogP contribution >= 0.6 is 11.6 Å². The van der Waals surface area contributed by atoms with Crippen LogP contribution in [0.25, 0.3) is 0 Å². The second-order valence-electron chi connectivity index (χ2n) is 3.29. The molecule has 1 amide bonds. The van der Waals surface area contributed by atoms with E-state index in [1.807, 2.05) is 0 Å². The Balaban J connectivity index is 1.95. The Morgan fingerprint density at radius 2 is 2.29 bits per heavy atom. The van der Waals surface area contributed by atoms with Crippen LogP contribution < -0.4 is 5.32 Å². The molecule has 0 saturated heterocycles. The molecule has 88 valence electrons. The fourth-order valence-electron chi connectivity index (χ4n) is 1.17. The third kappa shape index (κ3) is 3.01. The summed E-state index contributed by atoms with van der Waals surface area (Å²) in [6, 6.07) is 2.99. The molecule has 2 rings (SSSR count). The summed E-state index contributed by atoms with van der Waals surface area (Å²) in [7, 11) is 0. The summed E-state index contributed by atoms with van der Waals surface area (Å²) in [6.45, 7) is 1.99. The van der Waals surface area contributed by atoms with E-state index in [0.29, 0.717) is 11.7 Å². The van der Waals surface area contributed by atoms with E-state index in [1.54, 1.807) is 13.1 Å². The summed E-state index contributed by atoms with van der Waals surface area (Å²) in [5.74, 6) is 0.781. The fraction of sp³-hybridized carbons (Fsp3) is 0.200. The fourth-order valence-corrected chi connectivity index (χ4v) is 1.27. The van der Waals surface area contributed by atoms with Crippen molar-refractivity contribution in [3.8, 4) is 0 Å². The smallest absolute Gasteiger partial charge is 0.272 e. The molecule has 0 spiro atoms. The maximum atomic E-state index is 11.6. The van der Waals surface area contributed by atoms with Gasteiger partial charge in [-0.2, -0.15) is 0 Å². The number of rotatable bonds is 3. The number of amides is 1. The molecule has 6 nitrogen and oxygen atoms in total. The Bertz CT molecular complexity index is 523. The van der Waals surface area contributed by atoms with Gasteiger partial charge in [-0.3, -0.25) is 4.79 Å². The van der Waals surface area contributed by atoms with E-state index in [2.05, 4.69) is 20.5 Å². The molecule has 0 bridgehead atoms. The van der Waals surface area contributed by atoms with Gasteiger partial charge in [-0.15, -0.1) is 10.2 Å². The first-order valence-corrected chi connectivity index (χ1v) is 5.21. The first kappa shape index (κ1) is 11.5. The Labute approximate surface area is 102 Å². The molecule has 0 atom stereocenters. The van der Waals surface area contributed by atoms with Gasteiger partial charge >= 0.3 is 0 Å². The average molecular weight is 253 g/mol. The number of halogens is 1. The number of carbonyl (C=O) groups excluding carboxylic acids is 1. The molecular formula is C10H9ClN4O2. The third-order valence-corrected chi connectivity index (χ3v) is 2.14. The van der Waals surface area contributed by atoms with E-state index in [4.69, 9.17) is 16.0 Å². The lowest BCUT2D eigenvalue weighted by Crippen LogP contribution is -2.24. The molecule has 0 aliphatic heterocycles. The minimum atomic E-state index is -0.356. The van der Waals surface area contributed by atoms with Crippen molar-refractivity contribution >= 4 is 17.5 Å². The van der Waals surface area contributed by atoms with Gasteiger partial charge in [0.25, 0.3) is 5.91 Å². The summed E-state index contributed by atoms with van der Waals surface area (Å²) in [4.78, 5) is 15.6. The zero-order valence-electron chi connectivity index (χ0n) is 8.98. The van der Waals surface area contributed by atoms with E-state index < -0.39 is 0 Å². The highest BCUT2D eigenvalue weighted by molar-refractivity contribution is 6.29. The average Bonchev–Trinajstić information content (AvgIpc) is 2.73. The molecule has 17 heavy (non-hydrogen) atoms. The highest BCUT2D eigenvalue weighted by Crippen LogP contribution is 2.03. The Kier molecular flexibility index (Phi) is 3.34. The topological polar surface area (TPSA) is 80.9 Å². The van der Waals surface area contributed by atoms with E-state index >= 15 is 0 Å². The summed E-state index contributed by atoms with van der Waals surface area (Å²) in [5.41, 5.74) is 0.192. The van der Waals surface area contributed by atoms with Crippen molar-refractivity contribution < 1.29 is 9.21 Å². The van der Waals surface area contributed by atoms with Gasteiger partial charge in [0.05, 0.1) is 12.7 Å². The van der Waals surface area contributed by atoms with Crippen molar-refractivity contribution in [2.24, 2.45) is 0 Å². The van der Waals surface area contributed by atoms with Gasteiger partial charge in [0, 0.05) is 0 Å². The minimum absolute atomic E-state index is 0.192. The monoisotopic (exact) mass is 252 g/mol. The maximum Gasteiger partial charge on any atom is 0.272 e. The first-order chi connectivity index (χ1) is 8.15. The molecule has 0 aliphatic rings. The maximum absolute atomic E-state index is 11.6. The Morgan fingerprint density at radius 1 is 1.47 bits per heavy atom. The Morgan fingerprint density at radius 3 is 2.88 bits per heavy atom. The van der Waals surface area contributed by atoms with Crippen LogP contribution in [0.3, 0.4) is 0 Å². The zero-order valence-corrected chi connectivity index (χ0v) is 9.73. The normalized spacial score (nSPS) is 10.2. The van der Waals surface area contributed by atoms with Crippen LogP contribution in [0.15, 0.2) is 22.7 Å². The van der Waals surface area contributed by atoms with E-state index in [9.17, 15) is 4.79 Å². The van der Waals surface area contributed by atoms with E-state index in [0.717, 1.165) is 0 Å². The molecule has 1 N–H and O–H groups in total. The van der Waals surface area contributed by atoms with Crippen LogP contribution in [0, 0.1) is 6.92 Å². The SMILES string of the molecule is Cc1cnc(CNC(=O)c2ccc(Cl)nn2)o1. The van der Waals surface area contributed by atoms with E-state index in [-0.39, 0.29) is 23.3 Å². The lowest BCUT2D eigenvalue weighted by molar-refractivity contribution is 0.0941. The molecule has 0 aromatic carbocycles. The van der Waals surface area contributed by atoms with Crippen molar-refractivity contribution in [2.75, 3.05) is 0 Å². The first-order valence-electron chi connectivity index (χ1n) is 4.84. The molecule has 7 heteroatoms. The predicted octanol–water partition coefficient (Wildman–Crippen LogP) is 1.36. The van der Waals surface area contributed by atoms with Crippen LogP contribution in [0.2, 0.25) is 5.15 Å². The number of nitrogens with zero attached hydrogens (tertiary/aromatic N) is 3. The highest BCUT2D eigenvalue weighted by Gasteiger charge is 2.09. The number of aryl methyl sites for hydroxylation is 1. The van der Waals surface area contributed by atoms with Gasteiger partial charge < -0.3 is 9.73 Å². The molecule has 2 aromatic heterocycles. The minimum Gasteiger partial charge on any atom is -0.444 e. The number of carbonyl (C=O) groups is 1. The largest absolute Gasteiger partial charge is 0.444 e. The van der Waals surface area contributed by atoms with Gasteiger partial charge in [0.1, 0.15) is 5.76 Å². The number of nitrogens with one attached hydrogen (secondary N) is 1.